The highest BCUT2D eigenvalue weighted by Crippen LogP contribution is 2.32. The first-order valence-electron chi connectivity index (χ1n) is 5.73. The average molecular weight is 356 g/mol. The molecule has 2 atom stereocenters. The van der Waals surface area contributed by atoms with Crippen molar-refractivity contribution >= 4 is 39.2 Å². The van der Waals surface area contributed by atoms with Gasteiger partial charge in [-0.05, 0) is 12.1 Å². The highest BCUT2D eigenvalue weighted by molar-refractivity contribution is 7.89. The minimum atomic E-state index is -4.18. The minimum Gasteiger partial charge on any atom is -0.478 e. The van der Waals surface area contributed by atoms with Gasteiger partial charge in [0.2, 0.25) is 10.0 Å². The zero-order chi connectivity index (χ0) is 15.9. The summed E-state index contributed by atoms with van der Waals surface area (Å²) in [5, 5.41) is 27.3. The van der Waals surface area contributed by atoms with Gasteiger partial charge in [-0.25, -0.2) is 13.2 Å². The third-order valence-corrected chi connectivity index (χ3v) is 5.67. The van der Waals surface area contributed by atoms with Crippen LogP contribution in [-0.2, 0) is 10.0 Å². The molecule has 1 heterocycles. The summed E-state index contributed by atoms with van der Waals surface area (Å²) in [7, 11) is -4.18. The van der Waals surface area contributed by atoms with E-state index in [1.165, 1.54) is 0 Å². The fraction of sp³-hybridized carbons (Fsp3) is 0.364. The molecule has 0 aliphatic carbocycles. The van der Waals surface area contributed by atoms with Gasteiger partial charge in [-0.15, -0.1) is 0 Å². The lowest BCUT2D eigenvalue weighted by Crippen LogP contribution is -2.30. The van der Waals surface area contributed by atoms with Crippen molar-refractivity contribution < 1.29 is 28.5 Å². The number of hydrogen-bond donors (Lipinski definition) is 3. The molecular weight excluding hydrogens is 345 g/mol. The summed E-state index contributed by atoms with van der Waals surface area (Å²) >= 11 is 11.6. The van der Waals surface area contributed by atoms with Crippen LogP contribution in [0.15, 0.2) is 17.0 Å². The number of β-amino-alcohol motifs (C(OH)–C–C–N with tert-alkyl or cyclic N) is 2. The van der Waals surface area contributed by atoms with E-state index in [1.807, 2.05) is 0 Å². The lowest BCUT2D eigenvalue weighted by Gasteiger charge is -2.17. The fourth-order valence-corrected chi connectivity index (χ4v) is 4.33. The standard InChI is InChI=1S/C11H11Cl2NO6S/c12-5-1-6(11(17)18)10(13)9(2-5)21(19,20)14-3-7(15)8(16)4-14/h1-2,7-8,15-16H,3-4H2,(H,17,18). The largest absolute Gasteiger partial charge is 0.478 e. The van der Waals surface area contributed by atoms with Gasteiger partial charge in [0, 0.05) is 18.1 Å². The molecule has 0 radical (unpaired) electrons. The molecule has 3 N–H and O–H groups in total. The van der Waals surface area contributed by atoms with Crippen molar-refractivity contribution in [1.82, 2.24) is 4.31 Å². The maximum absolute atomic E-state index is 12.4. The molecule has 2 rings (SSSR count). The van der Waals surface area contributed by atoms with Gasteiger partial charge in [0.15, 0.2) is 0 Å². The number of benzene rings is 1. The molecule has 0 spiro atoms. The number of rotatable bonds is 3. The van der Waals surface area contributed by atoms with E-state index in [-0.39, 0.29) is 18.1 Å². The lowest BCUT2D eigenvalue weighted by molar-refractivity contribution is 0.0572. The summed E-state index contributed by atoms with van der Waals surface area (Å²) in [6.45, 7) is -0.622. The molecule has 0 bridgehead atoms. The lowest BCUT2D eigenvalue weighted by atomic mass is 10.2. The van der Waals surface area contributed by atoms with E-state index < -0.39 is 43.7 Å². The Morgan fingerprint density at radius 1 is 1.19 bits per heavy atom. The molecule has 1 saturated heterocycles. The molecule has 116 valence electrons. The van der Waals surface area contributed by atoms with E-state index in [1.54, 1.807) is 0 Å². The number of halogens is 2. The van der Waals surface area contributed by atoms with Gasteiger partial charge in [-0.3, -0.25) is 0 Å². The van der Waals surface area contributed by atoms with Crippen LogP contribution in [0.2, 0.25) is 10.0 Å². The molecule has 7 nitrogen and oxygen atoms in total. The molecular formula is C11H11Cl2NO6S. The number of carbonyl (C=O) groups is 1. The van der Waals surface area contributed by atoms with Gasteiger partial charge in [-0.2, -0.15) is 4.31 Å². The van der Waals surface area contributed by atoms with Gasteiger partial charge in [0.05, 0.1) is 22.8 Å². The van der Waals surface area contributed by atoms with E-state index in [9.17, 15) is 23.4 Å². The van der Waals surface area contributed by atoms with Crippen LogP contribution in [0.3, 0.4) is 0 Å². The summed E-state index contributed by atoms with van der Waals surface area (Å²) in [5.41, 5.74) is -0.442. The third kappa shape index (κ3) is 3.01. The molecule has 21 heavy (non-hydrogen) atoms. The number of carboxylic acids is 1. The number of aliphatic hydroxyl groups excluding tert-OH is 2. The number of carboxylic acid groups (broad SMARTS) is 1. The smallest absolute Gasteiger partial charge is 0.337 e. The highest BCUT2D eigenvalue weighted by Gasteiger charge is 2.39. The van der Waals surface area contributed by atoms with Crippen molar-refractivity contribution in [2.45, 2.75) is 17.1 Å². The van der Waals surface area contributed by atoms with Crippen molar-refractivity contribution in [2.75, 3.05) is 13.1 Å². The number of nitrogens with zero attached hydrogens (tertiary/aromatic N) is 1. The van der Waals surface area contributed by atoms with Gasteiger partial charge in [0.25, 0.3) is 0 Å². The zero-order valence-electron chi connectivity index (χ0n) is 10.4. The molecule has 0 saturated carbocycles. The van der Waals surface area contributed by atoms with E-state index in [2.05, 4.69) is 0 Å². The summed E-state index contributed by atoms with van der Waals surface area (Å²) in [6, 6.07) is 2.07. The van der Waals surface area contributed by atoms with E-state index in [0.29, 0.717) is 0 Å². The van der Waals surface area contributed by atoms with Crippen LogP contribution in [0, 0.1) is 0 Å². The predicted molar refractivity (Wildman–Crippen MR) is 74.2 cm³/mol. The maximum atomic E-state index is 12.4. The fourth-order valence-electron chi connectivity index (χ4n) is 1.98. The van der Waals surface area contributed by atoms with E-state index >= 15 is 0 Å². The molecule has 1 aliphatic heterocycles. The Labute approximate surface area is 130 Å². The summed E-state index contributed by atoms with van der Waals surface area (Å²) < 4.78 is 25.7. The Morgan fingerprint density at radius 3 is 2.19 bits per heavy atom. The number of aliphatic hydroxyl groups is 2. The zero-order valence-corrected chi connectivity index (χ0v) is 12.7. The molecule has 1 aromatic carbocycles. The Kier molecular flexibility index (Phi) is 4.48. The number of aromatic carboxylic acids is 1. The molecule has 0 aromatic heterocycles. The molecule has 1 fully saturated rings. The number of sulfonamides is 1. The predicted octanol–water partition coefficient (Wildman–Crippen LogP) is 0.418. The van der Waals surface area contributed by atoms with Crippen LogP contribution in [0.5, 0.6) is 0 Å². The maximum Gasteiger partial charge on any atom is 0.337 e. The SMILES string of the molecule is O=C(O)c1cc(Cl)cc(S(=O)(=O)N2CC(O)C(O)C2)c1Cl. The highest BCUT2D eigenvalue weighted by atomic mass is 35.5. The second-order valence-electron chi connectivity index (χ2n) is 4.53. The normalized spacial score (nSPS) is 23.4. The van der Waals surface area contributed by atoms with Crippen molar-refractivity contribution in [3.05, 3.63) is 27.7 Å². The average Bonchev–Trinajstić information content (AvgIpc) is 2.72. The second kappa shape index (κ2) is 5.71. The molecule has 2 unspecified atom stereocenters. The molecule has 1 aromatic rings. The summed E-state index contributed by atoms with van der Waals surface area (Å²) in [5.74, 6) is -1.42. The van der Waals surface area contributed by atoms with Crippen LogP contribution in [0.4, 0.5) is 0 Å². The van der Waals surface area contributed by atoms with Crippen LogP contribution in [0.1, 0.15) is 10.4 Å². The Balaban J connectivity index is 2.53. The van der Waals surface area contributed by atoms with Crippen molar-refractivity contribution in [1.29, 1.82) is 0 Å². The van der Waals surface area contributed by atoms with E-state index in [4.69, 9.17) is 28.3 Å². The summed E-state index contributed by atoms with van der Waals surface area (Å²) in [6.07, 6.45) is -2.42. The summed E-state index contributed by atoms with van der Waals surface area (Å²) in [4.78, 5) is 10.6. The van der Waals surface area contributed by atoms with Gasteiger partial charge in [-0.1, -0.05) is 23.2 Å². The molecule has 1 aliphatic rings. The van der Waals surface area contributed by atoms with Crippen molar-refractivity contribution in [3.63, 3.8) is 0 Å². The van der Waals surface area contributed by atoms with Crippen molar-refractivity contribution in [3.8, 4) is 0 Å². The van der Waals surface area contributed by atoms with Crippen LogP contribution in [0.25, 0.3) is 0 Å². The Morgan fingerprint density at radius 2 is 1.71 bits per heavy atom. The molecule has 0 amide bonds. The molecule has 10 heteroatoms. The van der Waals surface area contributed by atoms with E-state index in [0.717, 1.165) is 16.4 Å². The minimum absolute atomic E-state index is 0.101. The Hall–Kier alpha value is -0.900. The third-order valence-electron chi connectivity index (χ3n) is 3.08. The van der Waals surface area contributed by atoms with Gasteiger partial charge < -0.3 is 15.3 Å². The first kappa shape index (κ1) is 16.5. The van der Waals surface area contributed by atoms with Crippen LogP contribution >= 0.6 is 23.2 Å². The van der Waals surface area contributed by atoms with Gasteiger partial charge >= 0.3 is 5.97 Å². The topological polar surface area (TPSA) is 115 Å². The van der Waals surface area contributed by atoms with Crippen molar-refractivity contribution in [2.24, 2.45) is 0 Å². The second-order valence-corrected chi connectivity index (χ2v) is 7.25. The van der Waals surface area contributed by atoms with Crippen LogP contribution in [-0.4, -0.2) is 59.3 Å². The van der Waals surface area contributed by atoms with Crippen LogP contribution < -0.4 is 0 Å². The quantitative estimate of drug-likeness (QED) is 0.723. The Bertz CT molecular complexity index is 682. The first-order valence-corrected chi connectivity index (χ1v) is 7.93. The van der Waals surface area contributed by atoms with Gasteiger partial charge in [0.1, 0.15) is 4.90 Å². The monoisotopic (exact) mass is 355 g/mol. The number of hydrogen-bond acceptors (Lipinski definition) is 5. The first-order chi connectivity index (χ1) is 9.64.